The van der Waals surface area contributed by atoms with Crippen molar-refractivity contribution in [2.24, 2.45) is 0 Å². The van der Waals surface area contributed by atoms with Gasteiger partial charge in [-0.1, -0.05) is 12.1 Å². The normalized spacial score (nSPS) is 13.8. The number of rotatable bonds is 5. The van der Waals surface area contributed by atoms with Gasteiger partial charge in [0.05, 0.1) is 11.3 Å². The third kappa shape index (κ3) is 3.70. The monoisotopic (exact) mass is 261 g/mol. The fourth-order valence-electron chi connectivity index (χ4n) is 2.39. The molecule has 1 heterocycles. The van der Waals surface area contributed by atoms with Crippen LogP contribution in [0.4, 0.5) is 5.69 Å². The quantitative estimate of drug-likeness (QED) is 0.793. The summed E-state index contributed by atoms with van der Waals surface area (Å²) in [5.41, 5.74) is 3.06. The Morgan fingerprint density at radius 2 is 2.26 bits per heavy atom. The third-order valence-corrected chi connectivity index (χ3v) is 3.39. The van der Waals surface area contributed by atoms with E-state index in [1.54, 1.807) is 0 Å². The van der Waals surface area contributed by atoms with Gasteiger partial charge in [0.1, 0.15) is 0 Å². The van der Waals surface area contributed by atoms with E-state index in [9.17, 15) is 4.79 Å². The van der Waals surface area contributed by atoms with E-state index in [2.05, 4.69) is 21.6 Å². The van der Waals surface area contributed by atoms with Crippen molar-refractivity contribution in [1.82, 2.24) is 10.2 Å². The van der Waals surface area contributed by atoms with Crippen molar-refractivity contribution in [3.8, 4) is 0 Å². The number of nitrogens with one attached hydrogen (secondary N) is 2. The van der Waals surface area contributed by atoms with Gasteiger partial charge in [0.15, 0.2) is 0 Å². The predicted octanol–water partition coefficient (Wildman–Crippen LogP) is 1.73. The molecular weight excluding hydrogens is 238 g/mol. The second-order valence-electron chi connectivity index (χ2n) is 5.28. The van der Waals surface area contributed by atoms with Gasteiger partial charge in [-0.15, -0.1) is 0 Å². The van der Waals surface area contributed by atoms with Gasteiger partial charge in [-0.2, -0.15) is 0 Å². The van der Waals surface area contributed by atoms with Gasteiger partial charge in [0.2, 0.25) is 0 Å². The summed E-state index contributed by atoms with van der Waals surface area (Å²) in [4.78, 5) is 14.3. The maximum absolute atomic E-state index is 12.2. The summed E-state index contributed by atoms with van der Waals surface area (Å²) >= 11 is 0. The molecule has 2 rings (SSSR count). The molecule has 0 aliphatic carbocycles. The van der Waals surface area contributed by atoms with Gasteiger partial charge in [0.25, 0.3) is 5.91 Å². The summed E-state index contributed by atoms with van der Waals surface area (Å²) < 4.78 is 0. The van der Waals surface area contributed by atoms with Crippen molar-refractivity contribution >= 4 is 11.6 Å². The van der Waals surface area contributed by atoms with Crippen LogP contribution >= 0.6 is 0 Å². The van der Waals surface area contributed by atoms with E-state index in [0.717, 1.165) is 50.1 Å². The van der Waals surface area contributed by atoms with Crippen LogP contribution in [-0.4, -0.2) is 44.5 Å². The highest BCUT2D eigenvalue weighted by molar-refractivity contribution is 6.00. The van der Waals surface area contributed by atoms with Crippen LogP contribution in [0.5, 0.6) is 0 Å². The van der Waals surface area contributed by atoms with E-state index in [0.29, 0.717) is 0 Å². The lowest BCUT2D eigenvalue weighted by atomic mass is 9.99. The maximum Gasteiger partial charge on any atom is 0.253 e. The number of aryl methyl sites for hydroxylation is 1. The molecule has 1 aliphatic rings. The lowest BCUT2D eigenvalue weighted by Gasteiger charge is -2.20. The van der Waals surface area contributed by atoms with E-state index >= 15 is 0 Å². The van der Waals surface area contributed by atoms with Crippen molar-refractivity contribution in [2.45, 2.75) is 19.3 Å². The van der Waals surface area contributed by atoms with Gasteiger partial charge in [0, 0.05) is 13.1 Å². The molecule has 1 aliphatic heterocycles. The molecule has 4 heteroatoms. The number of benzene rings is 1. The molecule has 1 aromatic rings. The zero-order chi connectivity index (χ0) is 13.7. The smallest absolute Gasteiger partial charge is 0.253 e. The van der Waals surface area contributed by atoms with Gasteiger partial charge < -0.3 is 15.5 Å². The van der Waals surface area contributed by atoms with Crippen LogP contribution in [0.15, 0.2) is 18.2 Å². The number of anilines is 1. The van der Waals surface area contributed by atoms with Crippen LogP contribution in [0.2, 0.25) is 0 Å². The van der Waals surface area contributed by atoms with Crippen LogP contribution in [0, 0.1) is 0 Å². The first kappa shape index (κ1) is 13.9. The maximum atomic E-state index is 12.2. The molecular formula is C15H23N3O. The minimum Gasteiger partial charge on any atom is -0.384 e. The lowest BCUT2D eigenvalue weighted by Crippen LogP contribution is -2.28. The van der Waals surface area contributed by atoms with Gasteiger partial charge in [-0.3, -0.25) is 4.79 Å². The molecule has 0 spiro atoms. The largest absolute Gasteiger partial charge is 0.384 e. The van der Waals surface area contributed by atoms with Gasteiger partial charge >= 0.3 is 0 Å². The molecule has 0 saturated heterocycles. The number of amides is 1. The Balaban J connectivity index is 1.95. The molecule has 0 unspecified atom stereocenters. The van der Waals surface area contributed by atoms with Crippen molar-refractivity contribution in [2.75, 3.05) is 39.0 Å². The van der Waals surface area contributed by atoms with Gasteiger partial charge in [-0.05, 0) is 51.5 Å². The summed E-state index contributed by atoms with van der Waals surface area (Å²) in [6, 6.07) is 5.98. The Kier molecular flexibility index (Phi) is 4.80. The van der Waals surface area contributed by atoms with Crippen molar-refractivity contribution < 1.29 is 4.79 Å². The lowest BCUT2D eigenvalue weighted by molar-refractivity contribution is 0.0953. The van der Waals surface area contributed by atoms with Crippen LogP contribution < -0.4 is 10.6 Å². The zero-order valence-corrected chi connectivity index (χ0v) is 11.8. The number of para-hydroxylation sites is 1. The molecule has 2 N–H and O–H groups in total. The molecule has 1 aromatic carbocycles. The molecule has 4 nitrogen and oxygen atoms in total. The molecule has 0 aromatic heterocycles. The molecule has 0 atom stereocenters. The number of carbonyl (C=O) groups excluding carboxylic acids is 1. The highest BCUT2D eigenvalue weighted by atomic mass is 16.1. The molecule has 0 radical (unpaired) electrons. The van der Waals surface area contributed by atoms with Crippen LogP contribution in [0.1, 0.15) is 28.8 Å². The van der Waals surface area contributed by atoms with E-state index in [-0.39, 0.29) is 5.91 Å². The number of fused-ring (bicyclic) bond motifs is 1. The highest BCUT2D eigenvalue weighted by Crippen LogP contribution is 2.25. The standard InChI is InChI=1S/C15H23N3O/c1-18(2)11-5-10-17-15(19)13-8-3-6-12-7-4-9-16-14(12)13/h3,6,8,16H,4-5,7,9-11H2,1-2H3,(H,17,19). The first-order valence-electron chi connectivity index (χ1n) is 6.97. The van der Waals surface area contributed by atoms with Crippen LogP contribution in [0.25, 0.3) is 0 Å². The number of carbonyl (C=O) groups is 1. The highest BCUT2D eigenvalue weighted by Gasteiger charge is 2.16. The molecule has 104 valence electrons. The van der Waals surface area contributed by atoms with E-state index < -0.39 is 0 Å². The fourth-order valence-corrected chi connectivity index (χ4v) is 2.39. The molecule has 0 saturated carbocycles. The first-order chi connectivity index (χ1) is 9.18. The Morgan fingerprint density at radius 1 is 1.42 bits per heavy atom. The van der Waals surface area contributed by atoms with Crippen LogP contribution in [-0.2, 0) is 6.42 Å². The molecule has 0 fully saturated rings. The van der Waals surface area contributed by atoms with E-state index in [4.69, 9.17) is 0 Å². The number of hydrogen-bond acceptors (Lipinski definition) is 3. The average Bonchev–Trinajstić information content (AvgIpc) is 2.42. The van der Waals surface area contributed by atoms with E-state index in [1.807, 2.05) is 26.2 Å². The summed E-state index contributed by atoms with van der Waals surface area (Å²) in [5, 5.41) is 6.35. The van der Waals surface area contributed by atoms with Gasteiger partial charge in [-0.25, -0.2) is 0 Å². The Morgan fingerprint density at radius 3 is 3.05 bits per heavy atom. The Bertz CT molecular complexity index is 443. The predicted molar refractivity (Wildman–Crippen MR) is 78.8 cm³/mol. The Hall–Kier alpha value is -1.55. The summed E-state index contributed by atoms with van der Waals surface area (Å²) in [6.45, 7) is 2.67. The first-order valence-corrected chi connectivity index (χ1v) is 6.97. The zero-order valence-electron chi connectivity index (χ0n) is 11.8. The van der Waals surface area contributed by atoms with Crippen molar-refractivity contribution in [3.05, 3.63) is 29.3 Å². The summed E-state index contributed by atoms with van der Waals surface area (Å²) in [6.07, 6.45) is 3.17. The summed E-state index contributed by atoms with van der Waals surface area (Å²) in [7, 11) is 4.08. The fraction of sp³-hybridized carbons (Fsp3) is 0.533. The van der Waals surface area contributed by atoms with E-state index in [1.165, 1.54) is 5.56 Å². The average molecular weight is 261 g/mol. The molecule has 19 heavy (non-hydrogen) atoms. The number of hydrogen-bond donors (Lipinski definition) is 2. The van der Waals surface area contributed by atoms with Crippen molar-refractivity contribution in [1.29, 1.82) is 0 Å². The van der Waals surface area contributed by atoms with Crippen LogP contribution in [0.3, 0.4) is 0 Å². The molecule has 0 bridgehead atoms. The minimum absolute atomic E-state index is 0.0324. The molecule has 1 amide bonds. The third-order valence-electron chi connectivity index (χ3n) is 3.39. The second kappa shape index (κ2) is 6.57. The van der Waals surface area contributed by atoms with Crippen molar-refractivity contribution in [3.63, 3.8) is 0 Å². The Labute approximate surface area is 115 Å². The second-order valence-corrected chi connectivity index (χ2v) is 5.28. The number of nitrogens with zero attached hydrogens (tertiary/aromatic N) is 1. The minimum atomic E-state index is 0.0324. The SMILES string of the molecule is CN(C)CCCNC(=O)c1cccc2c1NCCC2. The topological polar surface area (TPSA) is 44.4 Å². The summed E-state index contributed by atoms with van der Waals surface area (Å²) in [5.74, 6) is 0.0324.